The number of ether oxygens (including phenoxy) is 1. The van der Waals surface area contributed by atoms with Gasteiger partial charge in [0.25, 0.3) is 11.8 Å². The Hall–Kier alpha value is -2.85. The largest absolute Gasteiger partial charge is 0.434 e. The molecule has 2 aliphatic rings. The fraction of sp³-hybridized carbons (Fsp3) is 0.643. The standard InChI is InChI=1S/C28H42FN7O2/c1-6-36(20(4)5)27(37)22-14-21(29)9-10-24(22)38-26-25(31-18-32-33-26)34-13-11-28(15-34)16-35(17-28)23(19(2)3)8-7-12-30/h9-10,14,18-20,23H,6-8,11-13,15-17,30H2,1-5H3/t23-/m0/s1. The van der Waals surface area contributed by atoms with Crippen molar-refractivity contribution in [1.82, 2.24) is 25.0 Å². The second-order valence-electron chi connectivity index (χ2n) is 11.3. The molecule has 1 aromatic carbocycles. The fourth-order valence-electron chi connectivity index (χ4n) is 5.99. The van der Waals surface area contributed by atoms with E-state index < -0.39 is 5.82 Å². The highest BCUT2D eigenvalue weighted by Gasteiger charge is 2.50. The Morgan fingerprint density at radius 1 is 1.24 bits per heavy atom. The van der Waals surface area contributed by atoms with Crippen LogP contribution in [0.4, 0.5) is 10.2 Å². The third kappa shape index (κ3) is 5.91. The lowest BCUT2D eigenvalue weighted by Gasteiger charge is -2.53. The van der Waals surface area contributed by atoms with Crippen molar-refractivity contribution < 1.29 is 13.9 Å². The Labute approximate surface area is 225 Å². The summed E-state index contributed by atoms with van der Waals surface area (Å²) in [6, 6.07) is 4.49. The lowest BCUT2D eigenvalue weighted by Crippen LogP contribution is -2.62. The molecular weight excluding hydrogens is 485 g/mol. The van der Waals surface area contributed by atoms with E-state index in [0.717, 1.165) is 52.0 Å². The molecule has 10 heteroatoms. The number of halogens is 1. The molecular formula is C28H42FN7O2. The van der Waals surface area contributed by atoms with E-state index in [1.54, 1.807) is 4.90 Å². The summed E-state index contributed by atoms with van der Waals surface area (Å²) >= 11 is 0. The smallest absolute Gasteiger partial charge is 0.282 e. The number of hydrogen-bond donors (Lipinski definition) is 1. The van der Waals surface area contributed by atoms with Crippen LogP contribution in [0.1, 0.15) is 64.2 Å². The Morgan fingerprint density at radius 2 is 2.00 bits per heavy atom. The van der Waals surface area contributed by atoms with Gasteiger partial charge in [0.05, 0.1) is 5.56 Å². The predicted molar refractivity (Wildman–Crippen MR) is 146 cm³/mol. The van der Waals surface area contributed by atoms with Gasteiger partial charge in [0.2, 0.25) is 0 Å². The average Bonchev–Trinajstić information content (AvgIpc) is 3.31. The molecule has 2 N–H and O–H groups in total. The molecule has 3 heterocycles. The number of nitrogens with zero attached hydrogens (tertiary/aromatic N) is 6. The summed E-state index contributed by atoms with van der Waals surface area (Å²) in [6.07, 6.45) is 4.66. The monoisotopic (exact) mass is 527 g/mol. The minimum absolute atomic E-state index is 0.0363. The maximum absolute atomic E-state index is 14.2. The summed E-state index contributed by atoms with van der Waals surface area (Å²) in [5.74, 6) is 0.853. The van der Waals surface area contributed by atoms with Crippen LogP contribution < -0.4 is 15.4 Å². The minimum atomic E-state index is -0.500. The number of carbonyl (C=O) groups excluding carboxylic acids is 1. The van der Waals surface area contributed by atoms with E-state index >= 15 is 0 Å². The van der Waals surface area contributed by atoms with Crippen molar-refractivity contribution in [2.75, 3.05) is 44.2 Å². The number of hydrogen-bond acceptors (Lipinski definition) is 8. The summed E-state index contributed by atoms with van der Waals surface area (Å²) in [7, 11) is 0. The number of nitrogens with two attached hydrogens (primary N) is 1. The summed E-state index contributed by atoms with van der Waals surface area (Å²) in [5.41, 5.74) is 6.15. The Balaban J connectivity index is 1.51. The number of benzene rings is 1. The number of carbonyl (C=O) groups is 1. The first kappa shape index (κ1) is 28.2. The van der Waals surface area contributed by atoms with Gasteiger partial charge in [0.1, 0.15) is 17.9 Å². The van der Waals surface area contributed by atoms with Crippen LogP contribution in [0.3, 0.4) is 0 Å². The highest BCUT2D eigenvalue weighted by atomic mass is 19.1. The molecule has 2 fully saturated rings. The number of rotatable bonds is 11. The van der Waals surface area contributed by atoms with Crippen molar-refractivity contribution in [2.45, 2.75) is 66.0 Å². The normalized spacial score (nSPS) is 17.8. The van der Waals surface area contributed by atoms with Crippen molar-refractivity contribution in [1.29, 1.82) is 0 Å². The molecule has 1 spiro atoms. The molecule has 1 amide bonds. The van der Waals surface area contributed by atoms with E-state index in [1.165, 1.54) is 24.5 Å². The lowest BCUT2D eigenvalue weighted by molar-refractivity contribution is -0.0337. The third-order valence-corrected chi connectivity index (χ3v) is 7.93. The number of aromatic nitrogens is 3. The van der Waals surface area contributed by atoms with E-state index in [4.69, 9.17) is 10.5 Å². The van der Waals surface area contributed by atoms with Crippen LogP contribution >= 0.6 is 0 Å². The van der Waals surface area contributed by atoms with E-state index in [9.17, 15) is 9.18 Å². The average molecular weight is 528 g/mol. The van der Waals surface area contributed by atoms with Crippen LogP contribution in [0.25, 0.3) is 0 Å². The predicted octanol–water partition coefficient (Wildman–Crippen LogP) is 3.95. The second kappa shape index (κ2) is 11.9. The van der Waals surface area contributed by atoms with Gasteiger partial charge in [-0.3, -0.25) is 9.69 Å². The van der Waals surface area contributed by atoms with Crippen LogP contribution in [0.5, 0.6) is 11.6 Å². The van der Waals surface area contributed by atoms with E-state index in [2.05, 4.69) is 38.8 Å². The van der Waals surface area contributed by atoms with Gasteiger partial charge in [-0.2, -0.15) is 0 Å². The highest BCUT2D eigenvalue weighted by molar-refractivity contribution is 5.97. The van der Waals surface area contributed by atoms with Crippen molar-refractivity contribution in [2.24, 2.45) is 17.1 Å². The molecule has 1 atom stereocenters. The molecule has 2 aliphatic heterocycles. The molecule has 2 saturated heterocycles. The van der Waals surface area contributed by atoms with Gasteiger partial charge < -0.3 is 20.3 Å². The Morgan fingerprint density at radius 3 is 2.66 bits per heavy atom. The third-order valence-electron chi connectivity index (χ3n) is 7.93. The lowest BCUT2D eigenvalue weighted by atomic mass is 9.76. The summed E-state index contributed by atoms with van der Waals surface area (Å²) in [6.45, 7) is 15.4. The SMILES string of the molecule is CCN(C(=O)c1cc(F)ccc1Oc1nncnc1N1CCC2(C1)CN([C@@H](CCCN)C(C)C)C2)C(C)C. The zero-order valence-electron chi connectivity index (χ0n) is 23.4. The van der Waals surface area contributed by atoms with Gasteiger partial charge in [-0.1, -0.05) is 13.8 Å². The van der Waals surface area contributed by atoms with Crippen LogP contribution in [-0.4, -0.2) is 82.2 Å². The molecule has 4 rings (SSSR count). The molecule has 0 radical (unpaired) electrons. The molecule has 2 aromatic rings. The van der Waals surface area contributed by atoms with Crippen LogP contribution in [0.2, 0.25) is 0 Å². The van der Waals surface area contributed by atoms with Gasteiger partial charge in [0, 0.05) is 50.2 Å². The van der Waals surface area contributed by atoms with Crippen LogP contribution in [-0.2, 0) is 0 Å². The molecule has 1 aromatic heterocycles. The molecule has 208 valence electrons. The first-order chi connectivity index (χ1) is 18.2. The van der Waals surface area contributed by atoms with Crippen LogP contribution in [0.15, 0.2) is 24.5 Å². The maximum Gasteiger partial charge on any atom is 0.282 e. The van der Waals surface area contributed by atoms with E-state index in [-0.39, 0.29) is 34.6 Å². The van der Waals surface area contributed by atoms with Crippen molar-refractivity contribution in [3.8, 4) is 11.6 Å². The second-order valence-corrected chi connectivity index (χ2v) is 11.3. The number of amides is 1. The number of anilines is 1. The van der Waals surface area contributed by atoms with Gasteiger partial charge in [-0.25, -0.2) is 9.37 Å². The molecule has 0 unspecified atom stereocenters. The molecule has 0 saturated carbocycles. The van der Waals surface area contributed by atoms with Gasteiger partial charge in [0.15, 0.2) is 5.82 Å². The highest BCUT2D eigenvalue weighted by Crippen LogP contribution is 2.44. The van der Waals surface area contributed by atoms with Gasteiger partial charge >= 0.3 is 0 Å². The van der Waals surface area contributed by atoms with Crippen LogP contribution in [0, 0.1) is 17.2 Å². The molecule has 9 nitrogen and oxygen atoms in total. The molecule has 0 aliphatic carbocycles. The van der Waals surface area contributed by atoms with Crippen molar-refractivity contribution in [3.05, 3.63) is 35.9 Å². The minimum Gasteiger partial charge on any atom is -0.434 e. The number of likely N-dealkylation sites (tertiary alicyclic amines) is 1. The van der Waals surface area contributed by atoms with E-state index in [0.29, 0.717) is 24.3 Å². The zero-order valence-corrected chi connectivity index (χ0v) is 23.4. The first-order valence-corrected chi connectivity index (χ1v) is 13.8. The maximum atomic E-state index is 14.2. The van der Waals surface area contributed by atoms with Gasteiger partial charge in [-0.05, 0) is 70.7 Å². The summed E-state index contributed by atoms with van der Waals surface area (Å²) < 4.78 is 20.3. The fourth-order valence-corrected chi connectivity index (χ4v) is 5.99. The van der Waals surface area contributed by atoms with Gasteiger partial charge in [-0.15, -0.1) is 10.2 Å². The molecule has 38 heavy (non-hydrogen) atoms. The zero-order chi connectivity index (χ0) is 27.4. The Kier molecular flexibility index (Phi) is 8.82. The van der Waals surface area contributed by atoms with Crippen molar-refractivity contribution in [3.63, 3.8) is 0 Å². The summed E-state index contributed by atoms with van der Waals surface area (Å²) in [4.78, 5) is 24.2. The quantitative estimate of drug-likeness (QED) is 0.469. The first-order valence-electron chi connectivity index (χ1n) is 13.8. The summed E-state index contributed by atoms with van der Waals surface area (Å²) in [5, 5.41) is 8.15. The molecule has 0 bridgehead atoms. The van der Waals surface area contributed by atoms with Crippen molar-refractivity contribution >= 4 is 11.7 Å². The van der Waals surface area contributed by atoms with E-state index in [1.807, 2.05) is 20.8 Å². The Bertz CT molecular complexity index is 1110. The topological polar surface area (TPSA) is 101 Å².